The molecule has 1 unspecified atom stereocenters. The number of aryl methyl sites for hydroxylation is 1. The summed E-state index contributed by atoms with van der Waals surface area (Å²) in [7, 11) is 1.82. The molecule has 1 aromatic carbocycles. The first kappa shape index (κ1) is 11.1. The van der Waals surface area contributed by atoms with E-state index in [0.717, 1.165) is 21.8 Å². The van der Waals surface area contributed by atoms with Gasteiger partial charge in [0.1, 0.15) is 0 Å². The number of hydrogen-bond donors (Lipinski definition) is 1. The van der Waals surface area contributed by atoms with E-state index in [1.807, 2.05) is 32.2 Å². The molecule has 0 aliphatic heterocycles. The summed E-state index contributed by atoms with van der Waals surface area (Å²) in [6.45, 7) is 1.96. The van der Waals surface area contributed by atoms with Crippen LogP contribution in [0.15, 0.2) is 24.4 Å². The van der Waals surface area contributed by atoms with Crippen LogP contribution in [0.5, 0.6) is 0 Å². The zero-order valence-electron chi connectivity index (χ0n) is 9.18. The van der Waals surface area contributed by atoms with E-state index in [1.165, 1.54) is 0 Å². The molecule has 2 N–H and O–H groups in total. The van der Waals surface area contributed by atoms with Gasteiger partial charge in [0.25, 0.3) is 0 Å². The first-order chi connectivity index (χ1) is 7.61. The molecule has 0 saturated carbocycles. The van der Waals surface area contributed by atoms with Crippen molar-refractivity contribution >= 4 is 11.6 Å². The second-order valence-corrected chi connectivity index (χ2v) is 4.12. The van der Waals surface area contributed by atoms with Gasteiger partial charge >= 0.3 is 0 Å². The molecule has 0 amide bonds. The molecule has 4 nitrogen and oxygen atoms in total. The van der Waals surface area contributed by atoms with Gasteiger partial charge < -0.3 is 5.73 Å². The van der Waals surface area contributed by atoms with E-state index in [1.54, 1.807) is 10.9 Å². The molecule has 0 aliphatic carbocycles. The molecule has 1 aromatic heterocycles. The lowest BCUT2D eigenvalue weighted by atomic mass is 10.00. The van der Waals surface area contributed by atoms with Crippen molar-refractivity contribution in [2.45, 2.75) is 13.0 Å². The number of hydrogen-bond acceptors (Lipinski definition) is 3. The maximum Gasteiger partial charge on any atom is 0.0796 e. The van der Waals surface area contributed by atoms with Crippen molar-refractivity contribution in [3.05, 3.63) is 46.2 Å². The average Bonchev–Trinajstić information content (AvgIpc) is 2.68. The highest BCUT2D eigenvalue weighted by Crippen LogP contribution is 2.26. The van der Waals surface area contributed by atoms with Gasteiger partial charge in [-0.1, -0.05) is 28.9 Å². The van der Waals surface area contributed by atoms with Crippen LogP contribution in [0.3, 0.4) is 0 Å². The maximum absolute atomic E-state index is 6.17. The van der Waals surface area contributed by atoms with Gasteiger partial charge in [-0.2, -0.15) is 0 Å². The first-order valence-electron chi connectivity index (χ1n) is 4.96. The number of nitrogens with two attached hydrogens (primary N) is 1. The lowest BCUT2D eigenvalue weighted by Gasteiger charge is -2.15. The molecule has 0 fully saturated rings. The lowest BCUT2D eigenvalue weighted by Crippen LogP contribution is -2.17. The van der Waals surface area contributed by atoms with E-state index in [4.69, 9.17) is 17.3 Å². The third-order valence-corrected chi connectivity index (χ3v) is 3.12. The Morgan fingerprint density at radius 1 is 1.44 bits per heavy atom. The van der Waals surface area contributed by atoms with Crippen molar-refractivity contribution in [1.29, 1.82) is 0 Å². The summed E-state index contributed by atoms with van der Waals surface area (Å²) < 4.78 is 1.67. The molecule has 2 rings (SSSR count). The Hall–Kier alpha value is -1.39. The minimum atomic E-state index is -0.251. The summed E-state index contributed by atoms with van der Waals surface area (Å²) in [5.41, 5.74) is 9.03. The third kappa shape index (κ3) is 1.81. The highest BCUT2D eigenvalue weighted by Gasteiger charge is 2.16. The van der Waals surface area contributed by atoms with Crippen LogP contribution < -0.4 is 5.73 Å². The van der Waals surface area contributed by atoms with Crippen LogP contribution in [0.4, 0.5) is 0 Å². The van der Waals surface area contributed by atoms with E-state index in [-0.39, 0.29) is 6.04 Å². The number of aromatic nitrogens is 3. The lowest BCUT2D eigenvalue weighted by molar-refractivity contribution is 0.650. The molecule has 0 aliphatic rings. The minimum Gasteiger partial charge on any atom is -0.319 e. The normalized spacial score (nSPS) is 12.8. The number of halogens is 1. The van der Waals surface area contributed by atoms with Crippen LogP contribution in [0.1, 0.15) is 22.9 Å². The van der Waals surface area contributed by atoms with Crippen molar-refractivity contribution in [2.24, 2.45) is 12.8 Å². The Morgan fingerprint density at radius 2 is 2.19 bits per heavy atom. The van der Waals surface area contributed by atoms with Crippen LogP contribution in [0.25, 0.3) is 0 Å². The zero-order valence-corrected chi connectivity index (χ0v) is 9.94. The van der Waals surface area contributed by atoms with Gasteiger partial charge in [0.05, 0.1) is 17.9 Å². The third-order valence-electron chi connectivity index (χ3n) is 2.71. The fourth-order valence-corrected chi connectivity index (χ4v) is 1.88. The van der Waals surface area contributed by atoms with Crippen LogP contribution in [0.2, 0.25) is 5.02 Å². The summed E-state index contributed by atoms with van der Waals surface area (Å²) in [5, 5.41) is 8.41. The second kappa shape index (κ2) is 4.23. The minimum absolute atomic E-state index is 0.251. The van der Waals surface area contributed by atoms with Gasteiger partial charge in [0.15, 0.2) is 0 Å². The largest absolute Gasteiger partial charge is 0.319 e. The Morgan fingerprint density at radius 3 is 2.81 bits per heavy atom. The maximum atomic E-state index is 6.17. The smallest absolute Gasteiger partial charge is 0.0796 e. The molecule has 2 aromatic rings. The van der Waals surface area contributed by atoms with E-state index in [9.17, 15) is 0 Å². The van der Waals surface area contributed by atoms with Gasteiger partial charge in [-0.3, -0.25) is 4.68 Å². The summed E-state index contributed by atoms with van der Waals surface area (Å²) in [6, 6.07) is 5.47. The molecule has 84 valence electrons. The Labute approximate surface area is 99.0 Å². The van der Waals surface area contributed by atoms with Crippen molar-refractivity contribution in [1.82, 2.24) is 15.0 Å². The topological polar surface area (TPSA) is 56.7 Å². The average molecular weight is 237 g/mol. The quantitative estimate of drug-likeness (QED) is 0.866. The fraction of sp³-hybridized carbons (Fsp3) is 0.273. The van der Waals surface area contributed by atoms with Crippen molar-refractivity contribution < 1.29 is 0 Å². The van der Waals surface area contributed by atoms with Gasteiger partial charge in [-0.15, -0.1) is 5.10 Å². The summed E-state index contributed by atoms with van der Waals surface area (Å²) in [4.78, 5) is 0. The van der Waals surface area contributed by atoms with Gasteiger partial charge in [-0.05, 0) is 24.1 Å². The molecular weight excluding hydrogens is 224 g/mol. The van der Waals surface area contributed by atoms with Crippen molar-refractivity contribution in [3.8, 4) is 0 Å². The summed E-state index contributed by atoms with van der Waals surface area (Å²) in [6.07, 6.45) is 1.67. The predicted octanol–water partition coefficient (Wildman–Crippen LogP) is 1.83. The van der Waals surface area contributed by atoms with Gasteiger partial charge in [-0.25, -0.2) is 0 Å². The Kier molecular flexibility index (Phi) is 2.94. The van der Waals surface area contributed by atoms with Crippen molar-refractivity contribution in [3.63, 3.8) is 0 Å². The molecule has 0 saturated heterocycles. The van der Waals surface area contributed by atoms with E-state index < -0.39 is 0 Å². The second-order valence-electron chi connectivity index (χ2n) is 3.71. The molecule has 1 atom stereocenters. The number of nitrogens with zero attached hydrogens (tertiary/aromatic N) is 3. The van der Waals surface area contributed by atoms with Gasteiger partial charge in [0.2, 0.25) is 0 Å². The Bertz CT molecular complexity index is 506. The Balaban J connectivity index is 2.46. The van der Waals surface area contributed by atoms with Crippen LogP contribution in [0, 0.1) is 6.92 Å². The summed E-state index contributed by atoms with van der Waals surface area (Å²) >= 11 is 6.07. The first-order valence-corrected chi connectivity index (χ1v) is 5.34. The summed E-state index contributed by atoms with van der Waals surface area (Å²) in [5.74, 6) is 0. The SMILES string of the molecule is Cc1c(Cl)cccc1C(N)c1cnnn1C. The molecule has 16 heavy (non-hydrogen) atoms. The van der Waals surface area contributed by atoms with E-state index in [0.29, 0.717) is 0 Å². The van der Waals surface area contributed by atoms with Crippen LogP contribution >= 0.6 is 11.6 Å². The highest BCUT2D eigenvalue weighted by molar-refractivity contribution is 6.31. The van der Waals surface area contributed by atoms with E-state index >= 15 is 0 Å². The predicted molar refractivity (Wildman–Crippen MR) is 63.2 cm³/mol. The molecular formula is C11H13ClN4. The van der Waals surface area contributed by atoms with Crippen LogP contribution in [-0.4, -0.2) is 15.0 Å². The number of rotatable bonds is 2. The van der Waals surface area contributed by atoms with Crippen molar-refractivity contribution in [2.75, 3.05) is 0 Å². The fourth-order valence-electron chi connectivity index (χ4n) is 1.70. The standard InChI is InChI=1S/C11H13ClN4/c1-7-8(4-3-5-9(7)12)11(13)10-6-14-15-16(10)2/h3-6,11H,13H2,1-2H3. The van der Waals surface area contributed by atoms with Crippen LogP contribution in [-0.2, 0) is 7.05 Å². The highest BCUT2D eigenvalue weighted by atomic mass is 35.5. The molecule has 5 heteroatoms. The van der Waals surface area contributed by atoms with Gasteiger partial charge in [0, 0.05) is 12.1 Å². The molecule has 0 bridgehead atoms. The zero-order chi connectivity index (χ0) is 11.7. The molecule has 0 radical (unpaired) electrons. The molecule has 0 spiro atoms. The monoisotopic (exact) mass is 236 g/mol. The number of benzene rings is 1. The van der Waals surface area contributed by atoms with E-state index in [2.05, 4.69) is 10.3 Å². The molecule has 1 heterocycles.